The molecule has 0 fully saturated rings. The van der Waals surface area contributed by atoms with Crippen molar-refractivity contribution in [1.82, 2.24) is 15.0 Å². The summed E-state index contributed by atoms with van der Waals surface area (Å²) in [4.78, 5) is -0.602. The van der Waals surface area contributed by atoms with Crippen LogP contribution in [-0.2, 0) is 60.2 Å². The molecule has 0 N–H and O–H groups in total. The molecule has 0 spiro atoms. The standard InChI is InChI=1S/C36F69N3O9/c37-4(16(52,53)54,109-31(94,95)10(46,22(70,71)72)115-34(100,101)13(49,25(79,80)81)112-28(88,89)7(40,41)19(61,62)63)1-106-2(5(38,17(55,56)57)110-32(96,97)11(47,23(73,74)75)116-35(102,103)14(50,26(82,83)84)113-29(90,91)8(42,43)20(64,65)66)108-3(107-1)6(39,18(58,59)60)111-33(98,99)12(48,24(76,77)78)117-36(104,105)15(51,27(85,86)87)114-30(92,93)9(44,45)21(67,68)69. The molecule has 12 nitrogen and oxygen atoms in total. The zero-order valence-electron chi connectivity index (χ0n) is 49.1. The molecule has 0 saturated heterocycles. The predicted octanol–water partition coefficient (Wildman–Crippen LogP) is 21.4. The molecule has 0 radical (unpaired) electrons. The lowest BCUT2D eigenvalue weighted by molar-refractivity contribution is -0.581. The topological polar surface area (TPSA) is 122 Å². The Morgan fingerprint density at radius 2 is 0.222 bits per heavy atom. The van der Waals surface area contributed by atoms with E-state index in [9.17, 15) is 250 Å². The second kappa shape index (κ2) is 28.7. The van der Waals surface area contributed by atoms with Gasteiger partial charge in [0, 0.05) is 0 Å². The lowest BCUT2D eigenvalue weighted by Crippen LogP contribution is -2.70. The van der Waals surface area contributed by atoms with E-state index in [0.717, 1.165) is 14.2 Å². The van der Waals surface area contributed by atoms with Crippen LogP contribution >= 0.6 is 0 Å². The number of rotatable bonds is 30. The van der Waals surface area contributed by atoms with E-state index in [4.69, 9.17) is 0 Å². The van der Waals surface area contributed by atoms with E-state index >= 15 is 52.7 Å². The largest absolute Gasteiger partial charge is 0.462 e. The normalized spacial score (nSPS) is 20.6. The van der Waals surface area contributed by atoms with E-state index in [1.54, 1.807) is 0 Å². The van der Waals surface area contributed by atoms with Crippen LogP contribution < -0.4 is 0 Å². The summed E-state index contributed by atoms with van der Waals surface area (Å²) in [5.74, 6) is -138. The average molecular weight is 1930 g/mol. The number of ether oxygens (including phenoxy) is 9. The highest BCUT2D eigenvalue weighted by molar-refractivity contribution is 5.17. The number of alkyl halides is 69. The van der Waals surface area contributed by atoms with Gasteiger partial charge < -0.3 is 0 Å². The van der Waals surface area contributed by atoms with Crippen molar-refractivity contribution in [3.8, 4) is 0 Å². The molecule has 0 aliphatic rings. The molecule has 0 aliphatic heterocycles. The summed E-state index contributed by atoms with van der Waals surface area (Å²) in [6.45, 7) is 0. The minimum atomic E-state index is -10.4. The fraction of sp³-hybridized carbons (Fsp3) is 0.917. The molecule has 1 aromatic heterocycles. The Morgan fingerprint density at radius 1 is 0.120 bits per heavy atom. The molecule has 9 atom stereocenters. The summed E-state index contributed by atoms with van der Waals surface area (Å²) in [6, 6.07) is 0. The first-order valence-electron chi connectivity index (χ1n) is 24.1. The van der Waals surface area contributed by atoms with Gasteiger partial charge >= 0.3 is 200 Å². The third kappa shape index (κ3) is 17.9. The first kappa shape index (κ1) is 109. The maximum atomic E-state index is 16.4. The Labute approximate surface area is 579 Å². The van der Waals surface area contributed by atoms with E-state index in [-0.39, 0.29) is 15.0 Å². The van der Waals surface area contributed by atoms with Crippen molar-refractivity contribution >= 4 is 0 Å². The fourth-order valence-electron chi connectivity index (χ4n) is 5.86. The summed E-state index contributed by atoms with van der Waals surface area (Å²) < 4.78 is 981. The lowest BCUT2D eigenvalue weighted by atomic mass is 10.1. The smallest absolute Gasteiger partial charge is 0.263 e. The van der Waals surface area contributed by atoms with Gasteiger partial charge in [-0.25, -0.2) is 15.0 Å². The van der Waals surface area contributed by atoms with Crippen molar-refractivity contribution < 1.29 is 346 Å². The van der Waals surface area contributed by atoms with Crippen LogP contribution in [0.15, 0.2) is 0 Å². The fourth-order valence-corrected chi connectivity index (χ4v) is 5.86. The van der Waals surface area contributed by atoms with Gasteiger partial charge in [-0.1, -0.05) is 0 Å². The summed E-state index contributed by atoms with van der Waals surface area (Å²) in [5, 5.41) is 0. The van der Waals surface area contributed by atoms with Crippen molar-refractivity contribution in [2.45, 2.75) is 200 Å². The Morgan fingerprint density at radius 3 is 0.316 bits per heavy atom. The quantitative estimate of drug-likeness (QED) is 0.0682. The number of nitrogens with zero attached hydrogens (tertiary/aromatic N) is 3. The van der Waals surface area contributed by atoms with Crippen LogP contribution in [0.2, 0.25) is 0 Å². The van der Waals surface area contributed by atoms with Gasteiger partial charge in [0.25, 0.3) is 0 Å². The van der Waals surface area contributed by atoms with Crippen LogP contribution in [0.1, 0.15) is 17.5 Å². The zero-order chi connectivity index (χ0) is 95.7. The molecule has 0 bridgehead atoms. The molecular weight excluding hydrogens is 1930 g/mol. The molecule has 696 valence electrons. The highest BCUT2D eigenvalue weighted by Crippen LogP contribution is 2.67. The van der Waals surface area contributed by atoms with E-state index < -0.39 is 217 Å². The van der Waals surface area contributed by atoms with E-state index in [1.807, 2.05) is 0 Å². The van der Waals surface area contributed by atoms with Crippen molar-refractivity contribution in [3.63, 3.8) is 0 Å². The van der Waals surface area contributed by atoms with Gasteiger partial charge in [0.1, 0.15) is 0 Å². The summed E-state index contributed by atoms with van der Waals surface area (Å²) in [5.41, 5.74) is 0. The molecule has 117 heavy (non-hydrogen) atoms. The Kier molecular flexibility index (Phi) is 26.7. The summed E-state index contributed by atoms with van der Waals surface area (Å²) in [6.07, 6.45) is -203. The van der Waals surface area contributed by atoms with Gasteiger partial charge in [-0.05, 0) is 0 Å². The van der Waals surface area contributed by atoms with Crippen LogP contribution in [0.25, 0.3) is 0 Å². The first-order chi connectivity index (χ1) is 49.4. The molecule has 0 aliphatic carbocycles. The second-order valence-electron chi connectivity index (χ2n) is 19.9. The molecule has 9 unspecified atom stereocenters. The Balaban J connectivity index is 5.61. The van der Waals surface area contributed by atoms with Crippen LogP contribution in [0.4, 0.5) is 303 Å². The SMILES string of the molecule is FC(F)(F)C(F)(OC(F)(F)C(F)(OC(F)(F)C(F)(OC(F)(F)C(F)(F)C(F)(F)F)C(F)(F)F)C(F)(F)F)c1nc(C(F)(OC(F)(F)C(F)(OC(F)(F)C(F)(OC(F)(F)C(F)(F)C(F)(F)F)C(F)(F)F)C(F)(F)F)C(F)(F)F)nc(C(F)(OC(F)(F)C(F)(OC(F)(F)C(F)(OC(F)(F)C(F)(F)C(F)(F)F)C(F)(F)F)C(F)(F)F)C(F)(F)F)n1. The predicted molar refractivity (Wildman–Crippen MR) is 193 cm³/mol. The molecule has 0 saturated carbocycles. The highest BCUT2D eigenvalue weighted by atomic mass is 19.5. The van der Waals surface area contributed by atoms with Crippen molar-refractivity contribution in [2.75, 3.05) is 0 Å². The molecule has 1 rings (SSSR count). The minimum Gasteiger partial charge on any atom is -0.263 e. The van der Waals surface area contributed by atoms with Crippen LogP contribution in [0.5, 0.6) is 0 Å². The molecule has 0 amide bonds. The van der Waals surface area contributed by atoms with Crippen molar-refractivity contribution in [3.05, 3.63) is 17.5 Å². The van der Waals surface area contributed by atoms with E-state index in [1.165, 1.54) is 0 Å². The Hall–Kier alpha value is -6.18. The number of halogens is 69. The molecule has 1 heterocycles. The van der Waals surface area contributed by atoms with Gasteiger partial charge in [0.2, 0.25) is 17.5 Å². The Bertz CT molecular complexity index is 3250. The maximum Gasteiger partial charge on any atom is 0.462 e. The number of hydrogen-bond donors (Lipinski definition) is 0. The first-order valence-corrected chi connectivity index (χ1v) is 24.1. The second-order valence-corrected chi connectivity index (χ2v) is 19.9. The van der Waals surface area contributed by atoms with Crippen molar-refractivity contribution in [1.29, 1.82) is 0 Å². The molecule has 1 aromatic rings. The van der Waals surface area contributed by atoms with Gasteiger partial charge in [0.15, 0.2) is 0 Å². The van der Waals surface area contributed by atoms with Gasteiger partial charge in [-0.15, -0.1) is 0 Å². The van der Waals surface area contributed by atoms with Gasteiger partial charge in [-0.2, -0.15) is 303 Å². The van der Waals surface area contributed by atoms with E-state index in [2.05, 4.69) is 0 Å². The minimum absolute atomic E-state index is 0.201. The molecular formula is C36F69N3O9. The highest BCUT2D eigenvalue weighted by Gasteiger charge is 2.94. The number of aromatic nitrogens is 3. The van der Waals surface area contributed by atoms with Crippen molar-refractivity contribution in [2.24, 2.45) is 0 Å². The zero-order valence-corrected chi connectivity index (χ0v) is 49.1. The third-order valence-corrected chi connectivity index (χ3v) is 11.6. The van der Waals surface area contributed by atoms with Crippen LogP contribution in [0, 0.1) is 0 Å². The summed E-state index contributed by atoms with van der Waals surface area (Å²) >= 11 is 0. The van der Waals surface area contributed by atoms with E-state index in [0.29, 0.717) is 28.4 Å². The summed E-state index contributed by atoms with van der Waals surface area (Å²) in [7, 11) is 0. The van der Waals surface area contributed by atoms with Gasteiger partial charge in [-0.3, -0.25) is 42.6 Å². The average Bonchev–Trinajstić information content (AvgIpc) is 0.711. The van der Waals surface area contributed by atoms with Gasteiger partial charge in [0.05, 0.1) is 0 Å². The number of hydrogen-bond acceptors (Lipinski definition) is 12. The molecule has 81 heteroatoms. The van der Waals surface area contributed by atoms with Crippen LogP contribution in [0.3, 0.4) is 0 Å². The monoisotopic (exact) mass is 1930 g/mol. The molecule has 0 aromatic carbocycles. The van der Waals surface area contributed by atoms with Crippen LogP contribution in [-0.4, -0.2) is 197 Å². The third-order valence-electron chi connectivity index (χ3n) is 11.6. The lowest BCUT2D eigenvalue weighted by Gasteiger charge is -2.43. The maximum absolute atomic E-state index is 16.4.